The van der Waals surface area contributed by atoms with Crippen LogP contribution < -0.4 is 5.32 Å². The maximum Gasteiger partial charge on any atom is 0.293 e. The summed E-state index contributed by atoms with van der Waals surface area (Å²) in [4.78, 5) is 22.5. The van der Waals surface area contributed by atoms with Gasteiger partial charge >= 0.3 is 0 Å². The fourth-order valence-electron chi connectivity index (χ4n) is 1.15. The molecule has 2 rings (SSSR count). The van der Waals surface area contributed by atoms with Crippen LogP contribution in [0.2, 0.25) is 0 Å². The van der Waals surface area contributed by atoms with Crippen LogP contribution in [0.3, 0.4) is 0 Å². The second kappa shape index (κ2) is 4.97. The van der Waals surface area contributed by atoms with E-state index in [1.165, 1.54) is 18.3 Å². The number of aromatic nitrogens is 3. The van der Waals surface area contributed by atoms with E-state index in [0.29, 0.717) is 5.69 Å². The van der Waals surface area contributed by atoms with Crippen LogP contribution in [0.5, 0.6) is 0 Å². The molecule has 0 aliphatic heterocycles. The van der Waals surface area contributed by atoms with Gasteiger partial charge in [0.15, 0.2) is 5.82 Å². The zero-order chi connectivity index (χ0) is 13.0. The molecule has 0 radical (unpaired) electrons. The summed E-state index contributed by atoms with van der Waals surface area (Å²) < 4.78 is 12.6. The molecule has 2 aromatic rings. The van der Waals surface area contributed by atoms with Crippen LogP contribution in [0.4, 0.5) is 10.1 Å². The standard InChI is InChI=1S/C11H6FN5O/c12-7-4-15-10(16-5-7)11(18)17-9-2-1-8(3-13)14-6-9/h1-2,4-6H,(H,17,18). The van der Waals surface area contributed by atoms with Crippen molar-refractivity contribution < 1.29 is 9.18 Å². The fourth-order valence-corrected chi connectivity index (χ4v) is 1.15. The number of nitrogens with one attached hydrogen (secondary N) is 1. The average molecular weight is 243 g/mol. The van der Waals surface area contributed by atoms with Gasteiger partial charge in [0.2, 0.25) is 5.82 Å². The Morgan fingerprint density at radius 3 is 2.50 bits per heavy atom. The fraction of sp³-hybridized carbons (Fsp3) is 0. The molecule has 0 atom stereocenters. The lowest BCUT2D eigenvalue weighted by atomic mass is 10.3. The number of rotatable bonds is 2. The smallest absolute Gasteiger partial charge is 0.293 e. The molecular weight excluding hydrogens is 237 g/mol. The number of halogens is 1. The minimum Gasteiger partial charge on any atom is -0.318 e. The summed E-state index contributed by atoms with van der Waals surface area (Å²) in [6.07, 6.45) is 3.14. The first-order valence-corrected chi connectivity index (χ1v) is 4.84. The van der Waals surface area contributed by atoms with Crippen molar-refractivity contribution in [3.8, 4) is 6.07 Å². The molecule has 2 aromatic heterocycles. The number of nitrogens with zero attached hydrogens (tertiary/aromatic N) is 4. The van der Waals surface area contributed by atoms with Crippen molar-refractivity contribution in [3.63, 3.8) is 0 Å². The third kappa shape index (κ3) is 2.62. The van der Waals surface area contributed by atoms with E-state index in [1.807, 2.05) is 6.07 Å². The molecule has 0 aliphatic carbocycles. The minimum atomic E-state index is -0.619. The highest BCUT2D eigenvalue weighted by molar-refractivity contribution is 6.01. The molecule has 0 saturated heterocycles. The number of hydrogen-bond donors (Lipinski definition) is 1. The molecule has 0 fully saturated rings. The summed E-state index contributed by atoms with van der Waals surface area (Å²) in [5.41, 5.74) is 0.637. The van der Waals surface area contributed by atoms with Crippen molar-refractivity contribution in [1.82, 2.24) is 15.0 Å². The molecule has 0 unspecified atom stereocenters. The highest BCUT2D eigenvalue weighted by Crippen LogP contribution is 2.06. The monoisotopic (exact) mass is 243 g/mol. The number of anilines is 1. The van der Waals surface area contributed by atoms with E-state index in [9.17, 15) is 9.18 Å². The van der Waals surface area contributed by atoms with Gasteiger partial charge in [-0.3, -0.25) is 4.79 Å². The Labute approximate surface area is 101 Å². The summed E-state index contributed by atoms with van der Waals surface area (Å²) in [5.74, 6) is -1.35. The van der Waals surface area contributed by atoms with Crippen LogP contribution in [0.25, 0.3) is 0 Å². The summed E-state index contributed by atoms with van der Waals surface area (Å²) in [6, 6.07) is 4.84. The Kier molecular flexibility index (Phi) is 3.20. The van der Waals surface area contributed by atoms with Crippen molar-refractivity contribution >= 4 is 11.6 Å². The van der Waals surface area contributed by atoms with Crippen LogP contribution in [0.15, 0.2) is 30.7 Å². The molecule has 7 heteroatoms. The van der Waals surface area contributed by atoms with Crippen molar-refractivity contribution in [2.24, 2.45) is 0 Å². The third-order valence-corrected chi connectivity index (χ3v) is 1.96. The first kappa shape index (κ1) is 11.6. The minimum absolute atomic E-state index is 0.152. The average Bonchev–Trinajstić information content (AvgIpc) is 2.40. The first-order chi connectivity index (χ1) is 8.69. The van der Waals surface area contributed by atoms with Crippen LogP contribution in [-0.2, 0) is 0 Å². The topological polar surface area (TPSA) is 91.6 Å². The lowest BCUT2D eigenvalue weighted by molar-refractivity contribution is 0.101. The second-order valence-corrected chi connectivity index (χ2v) is 3.22. The Morgan fingerprint density at radius 2 is 1.94 bits per heavy atom. The van der Waals surface area contributed by atoms with Gasteiger partial charge in [-0.05, 0) is 12.1 Å². The Balaban J connectivity index is 2.11. The van der Waals surface area contributed by atoms with Crippen LogP contribution >= 0.6 is 0 Å². The van der Waals surface area contributed by atoms with Gasteiger partial charge in [-0.2, -0.15) is 5.26 Å². The number of carbonyl (C=O) groups is 1. The number of amides is 1. The number of nitriles is 1. The Bertz CT molecular complexity index is 603. The largest absolute Gasteiger partial charge is 0.318 e. The highest BCUT2D eigenvalue weighted by atomic mass is 19.1. The molecule has 0 saturated carbocycles. The first-order valence-electron chi connectivity index (χ1n) is 4.84. The molecule has 1 amide bonds. The molecule has 88 valence electrons. The van der Waals surface area contributed by atoms with Crippen LogP contribution in [0, 0.1) is 17.1 Å². The number of carbonyl (C=O) groups excluding carboxylic acids is 1. The highest BCUT2D eigenvalue weighted by Gasteiger charge is 2.09. The Morgan fingerprint density at radius 1 is 1.22 bits per heavy atom. The van der Waals surface area contributed by atoms with Gasteiger partial charge < -0.3 is 5.32 Å². The molecule has 0 bridgehead atoms. The van der Waals surface area contributed by atoms with Gasteiger partial charge in [0, 0.05) is 0 Å². The van der Waals surface area contributed by atoms with E-state index in [-0.39, 0.29) is 11.5 Å². The molecule has 0 aliphatic rings. The van der Waals surface area contributed by atoms with E-state index in [1.54, 1.807) is 0 Å². The molecule has 6 nitrogen and oxygen atoms in total. The molecular formula is C11H6FN5O. The van der Waals surface area contributed by atoms with Gasteiger partial charge in [-0.1, -0.05) is 0 Å². The summed E-state index contributed by atoms with van der Waals surface area (Å²) >= 11 is 0. The van der Waals surface area contributed by atoms with Gasteiger partial charge in [0.25, 0.3) is 5.91 Å². The zero-order valence-electron chi connectivity index (χ0n) is 8.96. The van der Waals surface area contributed by atoms with Gasteiger partial charge in [0.1, 0.15) is 11.8 Å². The van der Waals surface area contributed by atoms with E-state index >= 15 is 0 Å². The third-order valence-electron chi connectivity index (χ3n) is 1.96. The maximum atomic E-state index is 12.6. The van der Waals surface area contributed by atoms with Crippen molar-refractivity contribution in [1.29, 1.82) is 5.26 Å². The predicted molar refractivity (Wildman–Crippen MR) is 58.9 cm³/mol. The van der Waals surface area contributed by atoms with E-state index in [2.05, 4.69) is 20.3 Å². The zero-order valence-corrected chi connectivity index (χ0v) is 8.96. The lowest BCUT2D eigenvalue weighted by Crippen LogP contribution is -2.15. The summed E-state index contributed by atoms with van der Waals surface area (Å²) in [6.45, 7) is 0. The molecule has 2 heterocycles. The van der Waals surface area contributed by atoms with E-state index in [4.69, 9.17) is 5.26 Å². The predicted octanol–water partition coefficient (Wildman–Crippen LogP) is 1.13. The lowest BCUT2D eigenvalue weighted by Gasteiger charge is -2.02. The number of pyridine rings is 1. The van der Waals surface area contributed by atoms with Crippen molar-refractivity contribution in [3.05, 3.63) is 48.1 Å². The molecule has 0 spiro atoms. The summed E-state index contributed by atoms with van der Waals surface area (Å²) in [7, 11) is 0. The summed E-state index contributed by atoms with van der Waals surface area (Å²) in [5, 5.41) is 11.0. The second-order valence-electron chi connectivity index (χ2n) is 3.22. The van der Waals surface area contributed by atoms with Crippen molar-refractivity contribution in [2.75, 3.05) is 5.32 Å². The van der Waals surface area contributed by atoms with Crippen LogP contribution in [-0.4, -0.2) is 20.9 Å². The van der Waals surface area contributed by atoms with Gasteiger partial charge in [-0.25, -0.2) is 19.3 Å². The number of hydrogen-bond acceptors (Lipinski definition) is 5. The molecule has 0 aromatic carbocycles. The molecule has 1 N–H and O–H groups in total. The van der Waals surface area contributed by atoms with Gasteiger partial charge in [-0.15, -0.1) is 0 Å². The maximum absolute atomic E-state index is 12.6. The van der Waals surface area contributed by atoms with Crippen molar-refractivity contribution in [2.45, 2.75) is 0 Å². The normalized spacial score (nSPS) is 9.56. The quantitative estimate of drug-likeness (QED) is 0.853. The SMILES string of the molecule is N#Cc1ccc(NC(=O)c2ncc(F)cn2)cn1. The van der Waals surface area contributed by atoms with E-state index in [0.717, 1.165) is 12.4 Å². The molecule has 18 heavy (non-hydrogen) atoms. The Hall–Kier alpha value is -2.88. The van der Waals surface area contributed by atoms with Gasteiger partial charge in [0.05, 0.1) is 24.3 Å². The van der Waals surface area contributed by atoms with E-state index < -0.39 is 11.7 Å². The van der Waals surface area contributed by atoms with Crippen LogP contribution in [0.1, 0.15) is 16.3 Å².